The summed E-state index contributed by atoms with van der Waals surface area (Å²) in [7, 11) is 0. The number of hydrogen-bond acceptors (Lipinski definition) is 4. The lowest BCUT2D eigenvalue weighted by Crippen LogP contribution is -2.42. The van der Waals surface area contributed by atoms with Gasteiger partial charge in [0.1, 0.15) is 5.60 Å². The monoisotopic (exact) mass is 464 g/mol. The Morgan fingerprint density at radius 3 is 2.41 bits per heavy atom. The molecule has 0 aliphatic carbocycles. The van der Waals surface area contributed by atoms with Gasteiger partial charge < -0.3 is 14.2 Å². The van der Waals surface area contributed by atoms with Gasteiger partial charge in [0, 0.05) is 28.3 Å². The van der Waals surface area contributed by atoms with E-state index >= 15 is 0 Å². The zero-order valence-electron chi connectivity index (χ0n) is 18.0. The Morgan fingerprint density at radius 1 is 1.09 bits per heavy atom. The van der Waals surface area contributed by atoms with Crippen molar-refractivity contribution < 1.29 is 22.7 Å². The van der Waals surface area contributed by atoms with Crippen LogP contribution in [0, 0.1) is 0 Å². The van der Waals surface area contributed by atoms with Crippen molar-refractivity contribution in [2.24, 2.45) is 0 Å². The topological polar surface area (TPSA) is 51.5 Å². The van der Waals surface area contributed by atoms with Gasteiger partial charge in [-0.25, -0.2) is 4.79 Å². The maximum atomic E-state index is 13.4. The zero-order valence-corrected chi connectivity index (χ0v) is 18.8. The molecule has 1 aromatic carbocycles. The smallest absolute Gasteiger partial charge is 0.416 e. The van der Waals surface area contributed by atoms with Crippen molar-refractivity contribution >= 4 is 28.3 Å². The summed E-state index contributed by atoms with van der Waals surface area (Å²) in [5.41, 5.74) is 1.19. The number of benzene rings is 1. The highest BCUT2D eigenvalue weighted by Gasteiger charge is 2.31. The van der Waals surface area contributed by atoms with Crippen LogP contribution in [0.25, 0.3) is 10.9 Å². The molecular formula is C23H23F3N2O3S. The van der Waals surface area contributed by atoms with Crippen LogP contribution >= 0.6 is 11.3 Å². The number of thiophene rings is 1. The van der Waals surface area contributed by atoms with Crippen LogP contribution in [0.15, 0.2) is 39.8 Å². The molecule has 32 heavy (non-hydrogen) atoms. The van der Waals surface area contributed by atoms with Crippen molar-refractivity contribution in [1.29, 1.82) is 0 Å². The third kappa shape index (κ3) is 4.39. The quantitative estimate of drug-likeness (QED) is 0.509. The molecule has 3 heterocycles. The molecule has 1 aliphatic rings. The molecule has 0 radical (unpaired) electrons. The predicted molar refractivity (Wildman–Crippen MR) is 117 cm³/mol. The lowest BCUT2D eigenvalue weighted by atomic mass is 9.98. The minimum Gasteiger partial charge on any atom is -0.444 e. The first-order valence-corrected chi connectivity index (χ1v) is 11.1. The molecule has 170 valence electrons. The Hall–Kier alpha value is -2.81. The van der Waals surface area contributed by atoms with Gasteiger partial charge in [-0.1, -0.05) is 12.1 Å². The summed E-state index contributed by atoms with van der Waals surface area (Å²) in [6, 6.07) is 4.82. The maximum absolute atomic E-state index is 13.4. The molecule has 0 fully saturated rings. The number of ether oxygens (including phenoxy) is 1. The molecule has 0 saturated heterocycles. The second-order valence-corrected chi connectivity index (χ2v) is 9.61. The van der Waals surface area contributed by atoms with Gasteiger partial charge in [-0.15, -0.1) is 11.3 Å². The zero-order chi connectivity index (χ0) is 23.3. The van der Waals surface area contributed by atoms with Gasteiger partial charge in [-0.3, -0.25) is 4.79 Å². The van der Waals surface area contributed by atoms with Crippen molar-refractivity contribution in [2.45, 2.75) is 52.1 Å². The normalized spacial score (nSPS) is 14.5. The van der Waals surface area contributed by atoms with Crippen molar-refractivity contribution in [2.75, 3.05) is 6.54 Å². The Kier molecular flexibility index (Phi) is 5.56. The van der Waals surface area contributed by atoms with E-state index in [4.69, 9.17) is 4.74 Å². The fourth-order valence-corrected chi connectivity index (χ4v) is 4.73. The first-order chi connectivity index (χ1) is 14.9. The van der Waals surface area contributed by atoms with E-state index in [1.807, 2.05) is 10.8 Å². The molecule has 0 unspecified atom stereocenters. The number of fused-ring (bicyclic) bond motifs is 3. The number of carbonyl (C=O) groups excluding carboxylic acids is 1. The number of alkyl halides is 3. The summed E-state index contributed by atoms with van der Waals surface area (Å²) in [6.07, 6.45) is -4.34. The Bertz CT molecular complexity index is 1220. The molecule has 3 aromatic rings. The summed E-state index contributed by atoms with van der Waals surface area (Å²) in [5.74, 6) is 0. The molecule has 9 heteroatoms. The van der Waals surface area contributed by atoms with Crippen LogP contribution in [0.2, 0.25) is 0 Å². The lowest BCUT2D eigenvalue weighted by Gasteiger charge is -2.31. The van der Waals surface area contributed by atoms with Gasteiger partial charge in [0.05, 0.1) is 24.2 Å². The third-order valence-corrected chi connectivity index (χ3v) is 6.11. The molecule has 0 bridgehead atoms. The van der Waals surface area contributed by atoms with E-state index in [9.17, 15) is 22.8 Å². The Labute approximate surface area is 187 Å². The van der Waals surface area contributed by atoms with Crippen LogP contribution in [0.1, 0.15) is 43.0 Å². The number of amides is 1. The third-order valence-electron chi connectivity index (χ3n) is 5.38. The number of hydrogen-bond donors (Lipinski definition) is 0. The minimum atomic E-state index is -4.41. The van der Waals surface area contributed by atoms with Crippen LogP contribution in [-0.4, -0.2) is 27.7 Å². The largest absolute Gasteiger partial charge is 0.444 e. The van der Waals surface area contributed by atoms with E-state index in [0.717, 1.165) is 28.6 Å². The van der Waals surface area contributed by atoms with E-state index < -0.39 is 23.4 Å². The highest BCUT2D eigenvalue weighted by atomic mass is 32.1. The highest BCUT2D eigenvalue weighted by Crippen LogP contribution is 2.31. The van der Waals surface area contributed by atoms with Gasteiger partial charge >= 0.3 is 12.3 Å². The van der Waals surface area contributed by atoms with Crippen LogP contribution in [0.5, 0.6) is 0 Å². The second kappa shape index (κ2) is 7.95. The van der Waals surface area contributed by atoms with E-state index in [2.05, 4.69) is 0 Å². The first-order valence-electron chi connectivity index (χ1n) is 10.2. The summed E-state index contributed by atoms with van der Waals surface area (Å²) < 4.78 is 45.7. The van der Waals surface area contributed by atoms with Gasteiger partial charge in [0.15, 0.2) is 0 Å². The Morgan fingerprint density at radius 2 is 1.78 bits per heavy atom. The van der Waals surface area contributed by atoms with E-state index in [1.54, 1.807) is 25.3 Å². The molecule has 0 N–H and O–H groups in total. The van der Waals surface area contributed by atoms with Crippen LogP contribution < -0.4 is 5.56 Å². The van der Waals surface area contributed by atoms with Crippen molar-refractivity contribution in [3.05, 3.63) is 67.6 Å². The molecule has 1 aliphatic heterocycles. The number of nitrogens with zero attached hydrogens (tertiary/aromatic N) is 2. The summed E-state index contributed by atoms with van der Waals surface area (Å²) in [5, 5.41) is 4.79. The van der Waals surface area contributed by atoms with Crippen molar-refractivity contribution in [3.63, 3.8) is 0 Å². The van der Waals surface area contributed by atoms with Gasteiger partial charge in [0.2, 0.25) is 0 Å². The highest BCUT2D eigenvalue weighted by molar-refractivity contribution is 7.09. The number of pyridine rings is 1. The fourth-order valence-electron chi connectivity index (χ4n) is 3.88. The lowest BCUT2D eigenvalue weighted by molar-refractivity contribution is -0.137. The molecule has 4 rings (SSSR count). The van der Waals surface area contributed by atoms with Gasteiger partial charge in [-0.2, -0.15) is 13.2 Å². The second-order valence-electron chi connectivity index (χ2n) is 8.87. The summed E-state index contributed by atoms with van der Waals surface area (Å²) in [4.78, 5) is 27.5. The van der Waals surface area contributed by atoms with Gasteiger partial charge in [0.25, 0.3) is 5.56 Å². The van der Waals surface area contributed by atoms with Crippen LogP contribution in [0.4, 0.5) is 18.0 Å². The van der Waals surface area contributed by atoms with Crippen LogP contribution in [-0.2, 0) is 30.4 Å². The average Bonchev–Trinajstić information content (AvgIpc) is 3.19. The Balaban J connectivity index is 1.70. The molecule has 1 amide bonds. The van der Waals surface area contributed by atoms with E-state index in [-0.39, 0.29) is 18.6 Å². The molecule has 5 nitrogen and oxygen atoms in total. The van der Waals surface area contributed by atoms with E-state index in [1.165, 1.54) is 28.4 Å². The van der Waals surface area contributed by atoms with Gasteiger partial charge in [-0.05, 0) is 50.5 Å². The van der Waals surface area contributed by atoms with Crippen LogP contribution in [0.3, 0.4) is 0 Å². The number of carbonyl (C=O) groups is 1. The van der Waals surface area contributed by atoms with E-state index in [0.29, 0.717) is 24.1 Å². The molecule has 0 spiro atoms. The maximum Gasteiger partial charge on any atom is 0.416 e. The number of aromatic nitrogens is 1. The minimum absolute atomic E-state index is 0.141. The average molecular weight is 465 g/mol. The standard InChI is InChI=1S/C23H23F3N2O3S/c1-22(2,3)31-21(30)27-9-8-16-17(11-27)20(29)28(19-13-32-12-18(16)19)10-14-4-6-15(7-5-14)23(24,25)26/h4-7,12-13H,8-11H2,1-3H3. The fraction of sp³-hybridized carbons (Fsp3) is 0.391. The predicted octanol–water partition coefficient (Wildman–Crippen LogP) is 5.42. The first kappa shape index (κ1) is 22.4. The summed E-state index contributed by atoms with van der Waals surface area (Å²) in [6.45, 7) is 6.10. The number of rotatable bonds is 2. The number of halogens is 3. The van der Waals surface area contributed by atoms with Crippen molar-refractivity contribution in [1.82, 2.24) is 9.47 Å². The molecule has 2 aromatic heterocycles. The molecule has 0 atom stereocenters. The molecular weight excluding hydrogens is 441 g/mol. The SMILES string of the molecule is CC(C)(C)OC(=O)N1CCc2c(c(=O)n(Cc3ccc(C(F)(F)F)cc3)c3cscc23)C1. The summed E-state index contributed by atoms with van der Waals surface area (Å²) >= 11 is 1.47. The van der Waals surface area contributed by atoms with Crippen molar-refractivity contribution in [3.8, 4) is 0 Å². The molecule has 0 saturated carbocycles.